The average molecular weight is 203 g/mol. The number of rotatable bonds is 6. The van der Waals surface area contributed by atoms with E-state index in [4.69, 9.17) is 14.6 Å². The lowest BCUT2D eigenvalue weighted by atomic mass is 10.2. The van der Waals surface area contributed by atoms with Crippen LogP contribution in [-0.4, -0.2) is 62.2 Å². The first kappa shape index (κ1) is 11.9. The monoisotopic (exact) mass is 203 g/mol. The van der Waals surface area contributed by atoms with E-state index >= 15 is 0 Å². The van der Waals surface area contributed by atoms with E-state index < -0.39 is 0 Å². The molecular weight excluding hydrogens is 182 g/mol. The van der Waals surface area contributed by atoms with Crippen molar-refractivity contribution in [2.24, 2.45) is 0 Å². The molecule has 1 atom stereocenters. The number of ether oxygens (including phenoxy) is 2. The minimum atomic E-state index is 0.161. The van der Waals surface area contributed by atoms with Gasteiger partial charge in [0.1, 0.15) is 0 Å². The zero-order valence-corrected chi connectivity index (χ0v) is 8.95. The molecule has 4 heteroatoms. The third-order valence-corrected chi connectivity index (χ3v) is 2.43. The van der Waals surface area contributed by atoms with E-state index in [0.717, 1.165) is 39.3 Å². The van der Waals surface area contributed by atoms with Crippen LogP contribution in [0.5, 0.6) is 0 Å². The van der Waals surface area contributed by atoms with Crippen molar-refractivity contribution in [1.82, 2.24) is 4.90 Å². The SMILES string of the molecule is CCCOCCN1CCOC[C@@H]1CO. The summed E-state index contributed by atoms with van der Waals surface area (Å²) in [5, 5.41) is 9.10. The fraction of sp³-hybridized carbons (Fsp3) is 1.00. The van der Waals surface area contributed by atoms with Gasteiger partial charge in [-0.05, 0) is 6.42 Å². The van der Waals surface area contributed by atoms with Crippen LogP contribution in [0.25, 0.3) is 0 Å². The molecule has 0 aromatic heterocycles. The van der Waals surface area contributed by atoms with E-state index in [-0.39, 0.29) is 12.6 Å². The maximum Gasteiger partial charge on any atom is 0.0644 e. The van der Waals surface area contributed by atoms with Crippen molar-refractivity contribution in [1.29, 1.82) is 0 Å². The van der Waals surface area contributed by atoms with Crippen molar-refractivity contribution in [2.45, 2.75) is 19.4 Å². The third kappa shape index (κ3) is 3.92. The maximum atomic E-state index is 9.10. The smallest absolute Gasteiger partial charge is 0.0644 e. The second-order valence-corrected chi connectivity index (χ2v) is 3.56. The second kappa shape index (κ2) is 7.17. The Balaban J connectivity index is 2.13. The summed E-state index contributed by atoms with van der Waals surface area (Å²) in [5.41, 5.74) is 0. The van der Waals surface area contributed by atoms with E-state index in [0.29, 0.717) is 6.61 Å². The van der Waals surface area contributed by atoms with Crippen molar-refractivity contribution in [3.8, 4) is 0 Å². The van der Waals surface area contributed by atoms with Gasteiger partial charge in [-0.15, -0.1) is 0 Å². The summed E-state index contributed by atoms with van der Waals surface area (Å²) >= 11 is 0. The molecule has 14 heavy (non-hydrogen) atoms. The highest BCUT2D eigenvalue weighted by molar-refractivity contribution is 4.73. The molecule has 1 saturated heterocycles. The van der Waals surface area contributed by atoms with E-state index in [1.54, 1.807) is 0 Å². The van der Waals surface area contributed by atoms with Gasteiger partial charge in [-0.25, -0.2) is 0 Å². The molecule has 0 radical (unpaired) electrons. The molecule has 4 nitrogen and oxygen atoms in total. The van der Waals surface area contributed by atoms with Crippen molar-refractivity contribution >= 4 is 0 Å². The zero-order valence-electron chi connectivity index (χ0n) is 8.95. The van der Waals surface area contributed by atoms with Crippen LogP contribution in [0, 0.1) is 0 Å². The average Bonchev–Trinajstić information content (AvgIpc) is 2.25. The van der Waals surface area contributed by atoms with Crippen molar-refractivity contribution < 1.29 is 14.6 Å². The van der Waals surface area contributed by atoms with E-state index in [2.05, 4.69) is 11.8 Å². The fourth-order valence-electron chi connectivity index (χ4n) is 1.58. The summed E-state index contributed by atoms with van der Waals surface area (Å²) < 4.78 is 10.7. The number of hydrogen-bond acceptors (Lipinski definition) is 4. The molecule has 84 valence electrons. The number of aliphatic hydroxyl groups is 1. The molecule has 1 fully saturated rings. The third-order valence-electron chi connectivity index (χ3n) is 2.43. The molecule has 0 aromatic rings. The van der Waals surface area contributed by atoms with Crippen molar-refractivity contribution in [2.75, 3.05) is 46.1 Å². The van der Waals surface area contributed by atoms with Crippen LogP contribution in [0.4, 0.5) is 0 Å². The Morgan fingerprint density at radius 3 is 3.07 bits per heavy atom. The largest absolute Gasteiger partial charge is 0.395 e. The molecular formula is C10H21NO3. The summed E-state index contributed by atoms with van der Waals surface area (Å²) in [6, 6.07) is 0.161. The lowest BCUT2D eigenvalue weighted by molar-refractivity contribution is -0.0376. The fourth-order valence-corrected chi connectivity index (χ4v) is 1.58. The predicted octanol–water partition coefficient (Wildman–Crippen LogP) is 0.106. The standard InChI is InChI=1S/C10H21NO3/c1-2-5-13-6-3-11-4-7-14-9-10(11)8-12/h10,12H,2-9H2,1H3/t10-/m0/s1. The Kier molecular flexibility index (Phi) is 6.10. The Bertz CT molecular complexity index is 143. The van der Waals surface area contributed by atoms with E-state index in [1.165, 1.54) is 0 Å². The van der Waals surface area contributed by atoms with Crippen LogP contribution in [-0.2, 0) is 9.47 Å². The molecule has 1 rings (SSSR count). The van der Waals surface area contributed by atoms with Crippen LogP contribution in [0.15, 0.2) is 0 Å². The molecule has 0 aromatic carbocycles. The van der Waals surface area contributed by atoms with Gasteiger partial charge in [-0.3, -0.25) is 4.90 Å². The van der Waals surface area contributed by atoms with E-state index in [1.807, 2.05) is 0 Å². The topological polar surface area (TPSA) is 41.9 Å². The molecule has 1 heterocycles. The first-order valence-electron chi connectivity index (χ1n) is 5.39. The number of nitrogens with zero attached hydrogens (tertiary/aromatic N) is 1. The van der Waals surface area contributed by atoms with Gasteiger partial charge in [0.2, 0.25) is 0 Å². The van der Waals surface area contributed by atoms with E-state index in [9.17, 15) is 0 Å². The summed E-state index contributed by atoms with van der Waals surface area (Å²) in [7, 11) is 0. The van der Waals surface area contributed by atoms with Gasteiger partial charge in [-0.2, -0.15) is 0 Å². The van der Waals surface area contributed by atoms with Gasteiger partial charge in [0, 0.05) is 19.7 Å². The Hall–Kier alpha value is -0.160. The first-order chi connectivity index (χ1) is 6.88. The Labute approximate surface area is 85.8 Å². The Morgan fingerprint density at radius 1 is 1.50 bits per heavy atom. The molecule has 0 saturated carbocycles. The lowest BCUT2D eigenvalue weighted by Crippen LogP contribution is -2.48. The highest BCUT2D eigenvalue weighted by atomic mass is 16.5. The Morgan fingerprint density at radius 2 is 2.36 bits per heavy atom. The number of morpholine rings is 1. The van der Waals surface area contributed by atoms with Gasteiger partial charge < -0.3 is 14.6 Å². The summed E-state index contributed by atoms with van der Waals surface area (Å²) in [6.45, 7) is 7.07. The van der Waals surface area contributed by atoms with Gasteiger partial charge >= 0.3 is 0 Å². The number of hydrogen-bond donors (Lipinski definition) is 1. The minimum absolute atomic E-state index is 0.161. The highest BCUT2D eigenvalue weighted by Gasteiger charge is 2.21. The molecule has 1 aliphatic heterocycles. The summed E-state index contributed by atoms with van der Waals surface area (Å²) in [5.74, 6) is 0. The van der Waals surface area contributed by atoms with Gasteiger partial charge in [-0.1, -0.05) is 6.92 Å². The molecule has 0 unspecified atom stereocenters. The molecule has 0 aliphatic carbocycles. The van der Waals surface area contributed by atoms with Gasteiger partial charge in [0.05, 0.1) is 32.5 Å². The van der Waals surface area contributed by atoms with Crippen LogP contribution < -0.4 is 0 Å². The summed E-state index contributed by atoms with van der Waals surface area (Å²) in [4.78, 5) is 2.24. The lowest BCUT2D eigenvalue weighted by Gasteiger charge is -2.34. The normalized spacial score (nSPS) is 24.0. The van der Waals surface area contributed by atoms with Crippen LogP contribution in [0.3, 0.4) is 0 Å². The van der Waals surface area contributed by atoms with Crippen LogP contribution in [0.2, 0.25) is 0 Å². The van der Waals surface area contributed by atoms with Gasteiger partial charge in [0.25, 0.3) is 0 Å². The molecule has 1 aliphatic rings. The van der Waals surface area contributed by atoms with Crippen molar-refractivity contribution in [3.63, 3.8) is 0 Å². The van der Waals surface area contributed by atoms with Crippen LogP contribution >= 0.6 is 0 Å². The second-order valence-electron chi connectivity index (χ2n) is 3.56. The minimum Gasteiger partial charge on any atom is -0.395 e. The molecule has 1 N–H and O–H groups in total. The number of aliphatic hydroxyl groups excluding tert-OH is 1. The van der Waals surface area contributed by atoms with Gasteiger partial charge in [0.15, 0.2) is 0 Å². The zero-order chi connectivity index (χ0) is 10.2. The first-order valence-corrected chi connectivity index (χ1v) is 5.39. The van der Waals surface area contributed by atoms with Crippen molar-refractivity contribution in [3.05, 3.63) is 0 Å². The predicted molar refractivity (Wildman–Crippen MR) is 54.4 cm³/mol. The van der Waals surface area contributed by atoms with Crippen LogP contribution in [0.1, 0.15) is 13.3 Å². The maximum absolute atomic E-state index is 9.10. The highest BCUT2D eigenvalue weighted by Crippen LogP contribution is 2.05. The molecule has 0 bridgehead atoms. The quantitative estimate of drug-likeness (QED) is 0.622. The molecule has 0 amide bonds. The summed E-state index contributed by atoms with van der Waals surface area (Å²) in [6.07, 6.45) is 1.06. The molecule has 0 spiro atoms.